The predicted molar refractivity (Wildman–Crippen MR) is 73.6 cm³/mol. The summed E-state index contributed by atoms with van der Waals surface area (Å²) in [5.74, 6) is 0.892. The van der Waals surface area contributed by atoms with Crippen LogP contribution in [-0.4, -0.2) is 39.7 Å². The zero-order valence-corrected chi connectivity index (χ0v) is 11.4. The van der Waals surface area contributed by atoms with Gasteiger partial charge in [0.05, 0.1) is 36.7 Å². The van der Waals surface area contributed by atoms with Crippen molar-refractivity contribution in [2.75, 3.05) is 24.6 Å². The van der Waals surface area contributed by atoms with Crippen molar-refractivity contribution >= 4 is 5.82 Å². The highest BCUT2D eigenvalue weighted by molar-refractivity contribution is 5.44. The van der Waals surface area contributed by atoms with E-state index in [1.807, 2.05) is 4.68 Å². The molecule has 0 saturated carbocycles. The molecule has 0 amide bonds. The van der Waals surface area contributed by atoms with Crippen LogP contribution in [0.2, 0.25) is 0 Å². The molecular formula is C14H14N6O. The van der Waals surface area contributed by atoms with Crippen molar-refractivity contribution in [2.24, 2.45) is 0 Å². The van der Waals surface area contributed by atoms with Gasteiger partial charge in [0.25, 0.3) is 0 Å². The third-order valence-electron chi connectivity index (χ3n) is 3.98. The second-order valence-corrected chi connectivity index (χ2v) is 5.36. The normalized spacial score (nSPS) is 18.0. The number of nitrogens with zero attached hydrogens (tertiary/aromatic N) is 6. The van der Waals surface area contributed by atoms with Crippen LogP contribution in [0.25, 0.3) is 0 Å². The maximum atomic E-state index is 8.82. The topological polar surface area (TPSA) is 79.9 Å². The molecular weight excluding hydrogens is 268 g/mol. The van der Waals surface area contributed by atoms with Crippen LogP contribution in [0, 0.1) is 11.3 Å². The smallest absolute Gasteiger partial charge is 0.151 e. The van der Waals surface area contributed by atoms with E-state index in [1.54, 1.807) is 12.4 Å². The van der Waals surface area contributed by atoms with Crippen LogP contribution in [0.15, 0.2) is 18.5 Å². The molecule has 2 aliphatic heterocycles. The standard InChI is InChI=1S/C14H14N6O/c15-4-10-5-16-20(6-10)12-7-19(8-12)14-3-11-9-21-2-1-13(11)17-18-14/h3,5-6,12H,1-2,7-9H2. The van der Waals surface area contributed by atoms with Crippen LogP contribution >= 0.6 is 0 Å². The predicted octanol–water partition coefficient (Wildman–Crippen LogP) is 0.679. The van der Waals surface area contributed by atoms with Crippen LogP contribution in [0.5, 0.6) is 0 Å². The van der Waals surface area contributed by atoms with Crippen molar-refractivity contribution in [3.63, 3.8) is 0 Å². The van der Waals surface area contributed by atoms with Gasteiger partial charge in [-0.1, -0.05) is 0 Å². The van der Waals surface area contributed by atoms with E-state index in [9.17, 15) is 0 Å². The molecule has 1 fully saturated rings. The van der Waals surface area contributed by atoms with Crippen LogP contribution in [-0.2, 0) is 17.8 Å². The second-order valence-electron chi connectivity index (χ2n) is 5.36. The Labute approximate surface area is 121 Å². The number of rotatable bonds is 2. The fourth-order valence-electron chi connectivity index (χ4n) is 2.69. The van der Waals surface area contributed by atoms with Gasteiger partial charge in [0.15, 0.2) is 5.82 Å². The van der Waals surface area contributed by atoms with Gasteiger partial charge in [-0.15, -0.1) is 5.10 Å². The van der Waals surface area contributed by atoms with Crippen LogP contribution in [0.4, 0.5) is 5.82 Å². The molecule has 4 rings (SSSR count). The first-order chi connectivity index (χ1) is 10.3. The molecule has 0 spiro atoms. The molecule has 0 unspecified atom stereocenters. The van der Waals surface area contributed by atoms with Crippen molar-refractivity contribution in [1.82, 2.24) is 20.0 Å². The Morgan fingerprint density at radius 2 is 2.24 bits per heavy atom. The van der Waals surface area contributed by atoms with Gasteiger partial charge in [-0.25, -0.2) is 0 Å². The molecule has 0 bridgehead atoms. The summed E-state index contributed by atoms with van der Waals surface area (Å²) in [6.45, 7) is 3.02. The first-order valence-electron chi connectivity index (χ1n) is 6.96. The first kappa shape index (κ1) is 12.3. The van der Waals surface area contributed by atoms with E-state index >= 15 is 0 Å². The summed E-state index contributed by atoms with van der Waals surface area (Å²) in [5, 5.41) is 21.6. The highest BCUT2D eigenvalue weighted by Crippen LogP contribution is 2.27. The van der Waals surface area contributed by atoms with Gasteiger partial charge in [-0.3, -0.25) is 4.68 Å². The van der Waals surface area contributed by atoms with Crippen molar-refractivity contribution in [3.05, 3.63) is 35.3 Å². The zero-order chi connectivity index (χ0) is 14.2. The monoisotopic (exact) mass is 282 g/mol. The summed E-state index contributed by atoms with van der Waals surface area (Å²) in [7, 11) is 0. The van der Waals surface area contributed by atoms with Gasteiger partial charge in [-0.05, 0) is 6.07 Å². The van der Waals surface area contributed by atoms with Crippen LogP contribution < -0.4 is 4.90 Å². The quantitative estimate of drug-likeness (QED) is 0.805. The van der Waals surface area contributed by atoms with Crippen molar-refractivity contribution < 1.29 is 4.74 Å². The molecule has 21 heavy (non-hydrogen) atoms. The molecule has 0 radical (unpaired) electrons. The summed E-state index contributed by atoms with van der Waals surface area (Å²) >= 11 is 0. The Morgan fingerprint density at radius 1 is 1.33 bits per heavy atom. The zero-order valence-electron chi connectivity index (χ0n) is 11.4. The molecule has 0 atom stereocenters. The molecule has 1 saturated heterocycles. The third kappa shape index (κ3) is 2.14. The maximum absolute atomic E-state index is 8.82. The summed E-state index contributed by atoms with van der Waals surface area (Å²) in [5.41, 5.74) is 2.78. The maximum Gasteiger partial charge on any atom is 0.151 e. The molecule has 2 aromatic heterocycles. The molecule has 7 heteroatoms. The number of anilines is 1. The number of hydrogen-bond acceptors (Lipinski definition) is 6. The summed E-state index contributed by atoms with van der Waals surface area (Å²) < 4.78 is 7.31. The fraction of sp³-hybridized carbons (Fsp3) is 0.429. The SMILES string of the molecule is N#Cc1cnn(C2CN(c3cc4c(nn3)CCOC4)C2)c1. The molecule has 0 N–H and O–H groups in total. The minimum absolute atomic E-state index is 0.293. The Bertz CT molecular complexity index is 712. The molecule has 106 valence electrons. The molecule has 2 aliphatic rings. The van der Waals surface area contributed by atoms with Crippen molar-refractivity contribution in [1.29, 1.82) is 5.26 Å². The Morgan fingerprint density at radius 3 is 3.05 bits per heavy atom. The van der Waals surface area contributed by atoms with E-state index in [4.69, 9.17) is 10.00 Å². The third-order valence-corrected chi connectivity index (χ3v) is 3.98. The summed E-state index contributed by atoms with van der Waals surface area (Å²) in [4.78, 5) is 2.17. The summed E-state index contributed by atoms with van der Waals surface area (Å²) in [6.07, 6.45) is 4.22. The minimum Gasteiger partial charge on any atom is -0.376 e. The number of ether oxygens (including phenoxy) is 1. The Hall–Kier alpha value is -2.46. The fourth-order valence-corrected chi connectivity index (χ4v) is 2.69. The van der Waals surface area contributed by atoms with Crippen molar-refractivity contribution in [2.45, 2.75) is 19.1 Å². The first-order valence-corrected chi connectivity index (χ1v) is 6.96. The lowest BCUT2D eigenvalue weighted by molar-refractivity contribution is 0.108. The van der Waals surface area contributed by atoms with E-state index in [0.29, 0.717) is 18.2 Å². The van der Waals surface area contributed by atoms with E-state index in [1.165, 1.54) is 0 Å². The average molecular weight is 282 g/mol. The number of hydrogen-bond donors (Lipinski definition) is 0. The van der Waals surface area contributed by atoms with Crippen molar-refractivity contribution in [3.8, 4) is 6.07 Å². The average Bonchev–Trinajstić information content (AvgIpc) is 2.94. The van der Waals surface area contributed by atoms with E-state index in [-0.39, 0.29) is 0 Å². The van der Waals surface area contributed by atoms with Gasteiger partial charge in [-0.2, -0.15) is 15.5 Å². The van der Waals surface area contributed by atoms with Crippen LogP contribution in [0.3, 0.4) is 0 Å². The Balaban J connectivity index is 1.47. The number of aromatic nitrogens is 4. The lowest BCUT2D eigenvalue weighted by atomic mass is 10.1. The highest BCUT2D eigenvalue weighted by Gasteiger charge is 2.30. The lowest BCUT2D eigenvalue weighted by Gasteiger charge is -2.40. The van der Waals surface area contributed by atoms with E-state index in [2.05, 4.69) is 32.3 Å². The van der Waals surface area contributed by atoms with Gasteiger partial charge in [0, 0.05) is 31.3 Å². The van der Waals surface area contributed by atoms with E-state index < -0.39 is 0 Å². The van der Waals surface area contributed by atoms with Gasteiger partial charge in [0.1, 0.15) is 6.07 Å². The summed E-state index contributed by atoms with van der Waals surface area (Å²) in [6, 6.07) is 4.46. The number of fused-ring (bicyclic) bond motifs is 1. The van der Waals surface area contributed by atoms with E-state index in [0.717, 1.165) is 43.2 Å². The van der Waals surface area contributed by atoms with Gasteiger partial charge < -0.3 is 9.64 Å². The number of nitriles is 1. The molecule has 4 heterocycles. The van der Waals surface area contributed by atoms with Gasteiger partial charge in [0.2, 0.25) is 0 Å². The van der Waals surface area contributed by atoms with Gasteiger partial charge >= 0.3 is 0 Å². The highest BCUT2D eigenvalue weighted by atomic mass is 16.5. The largest absolute Gasteiger partial charge is 0.376 e. The lowest BCUT2D eigenvalue weighted by Crippen LogP contribution is -2.48. The minimum atomic E-state index is 0.293. The second kappa shape index (κ2) is 4.82. The molecule has 7 nitrogen and oxygen atoms in total. The molecule has 0 aliphatic carbocycles. The van der Waals surface area contributed by atoms with Crippen LogP contribution in [0.1, 0.15) is 22.9 Å². The Kier molecular flexibility index (Phi) is 2.82. The molecule has 2 aromatic rings. The molecule has 0 aromatic carbocycles.